The summed E-state index contributed by atoms with van der Waals surface area (Å²) in [6.45, 7) is 8.21. The maximum atomic E-state index is 16.9. The van der Waals surface area contributed by atoms with E-state index in [1.165, 1.54) is 18.3 Å². The van der Waals surface area contributed by atoms with Crippen LogP contribution in [0.1, 0.15) is 57.9 Å². The van der Waals surface area contributed by atoms with E-state index in [0.717, 1.165) is 38.8 Å². The average Bonchev–Trinajstić information content (AvgIpc) is 3.65. The zero-order valence-corrected chi connectivity index (χ0v) is 27.1. The Morgan fingerprint density at radius 1 is 1.06 bits per heavy atom. The van der Waals surface area contributed by atoms with E-state index in [4.69, 9.17) is 14.5 Å². The predicted octanol–water partition coefficient (Wildman–Crippen LogP) is 6.01. The molecule has 2 atom stereocenters. The number of aliphatic hydroxyl groups is 1. The summed E-state index contributed by atoms with van der Waals surface area (Å²) in [6, 6.07) is 6.02. The van der Waals surface area contributed by atoms with Gasteiger partial charge < -0.3 is 24.6 Å². The number of aromatic hydroxyl groups is 1. The van der Waals surface area contributed by atoms with Gasteiger partial charge in [0.1, 0.15) is 35.2 Å². The molecule has 9 rings (SSSR count). The quantitative estimate of drug-likeness (QED) is 0.277. The first-order chi connectivity index (χ1) is 22.9. The van der Waals surface area contributed by atoms with Gasteiger partial charge in [-0.1, -0.05) is 19.9 Å². The SMILES string of the molecule is CC.Oc1cc2c3c(c(F)ccc3c1)CCCOCC1CC(O)CN(C1)c1nc(OCC34CCCN3CCC4)nc3c(F)c-2ncc13. The molecule has 11 heteroatoms. The van der Waals surface area contributed by atoms with Crippen LogP contribution >= 0.6 is 0 Å². The fourth-order valence-electron chi connectivity index (χ4n) is 8.18. The molecule has 9 nitrogen and oxygen atoms in total. The molecule has 0 spiro atoms. The third-order valence-electron chi connectivity index (χ3n) is 10.2. The molecule has 7 heterocycles. The molecule has 47 heavy (non-hydrogen) atoms. The first kappa shape index (κ1) is 31.9. The van der Waals surface area contributed by atoms with Crippen LogP contribution < -0.4 is 9.64 Å². The highest BCUT2D eigenvalue weighted by molar-refractivity contribution is 6.01. The summed E-state index contributed by atoms with van der Waals surface area (Å²) in [6.07, 6.45) is 6.71. The van der Waals surface area contributed by atoms with Crippen molar-refractivity contribution in [1.82, 2.24) is 19.9 Å². The molecule has 2 unspecified atom stereocenters. The number of benzene rings is 2. The first-order valence-electron chi connectivity index (χ1n) is 17.1. The van der Waals surface area contributed by atoms with Crippen molar-refractivity contribution >= 4 is 27.5 Å². The Bertz CT molecular complexity index is 1780. The topological polar surface area (TPSA) is 104 Å². The lowest BCUT2D eigenvalue weighted by molar-refractivity contribution is 0.0569. The number of ether oxygens (including phenoxy) is 2. The number of aliphatic hydroxyl groups excluding tert-OH is 1. The normalized spacial score (nSPS) is 22.4. The Kier molecular flexibility index (Phi) is 8.88. The van der Waals surface area contributed by atoms with Gasteiger partial charge in [-0.25, -0.2) is 8.78 Å². The van der Waals surface area contributed by atoms with Crippen LogP contribution in [0.15, 0.2) is 30.5 Å². The van der Waals surface area contributed by atoms with Gasteiger partial charge in [0.05, 0.1) is 23.6 Å². The monoisotopic (exact) mass is 647 g/mol. The van der Waals surface area contributed by atoms with Gasteiger partial charge in [0, 0.05) is 37.4 Å². The van der Waals surface area contributed by atoms with Gasteiger partial charge in [0.2, 0.25) is 0 Å². The lowest BCUT2D eigenvalue weighted by Crippen LogP contribution is -2.45. The maximum absolute atomic E-state index is 16.9. The number of aryl methyl sites for hydroxylation is 1. The van der Waals surface area contributed by atoms with Crippen molar-refractivity contribution in [1.29, 1.82) is 0 Å². The first-order valence-corrected chi connectivity index (χ1v) is 17.1. The lowest BCUT2D eigenvalue weighted by atomic mass is 9.93. The van der Waals surface area contributed by atoms with Crippen LogP contribution in [-0.2, 0) is 11.2 Å². The number of piperidine rings is 1. The molecule has 4 aromatic rings. The lowest BCUT2D eigenvalue weighted by Gasteiger charge is -2.37. The molecule has 0 radical (unpaired) electrons. The van der Waals surface area contributed by atoms with Crippen molar-refractivity contribution in [3.63, 3.8) is 0 Å². The average molecular weight is 648 g/mol. The number of anilines is 1. The summed E-state index contributed by atoms with van der Waals surface area (Å²) in [5.74, 6) is -0.721. The Morgan fingerprint density at radius 3 is 2.68 bits per heavy atom. The molecular weight excluding hydrogens is 604 g/mol. The predicted molar refractivity (Wildman–Crippen MR) is 177 cm³/mol. The van der Waals surface area contributed by atoms with Crippen LogP contribution in [0.3, 0.4) is 0 Å². The van der Waals surface area contributed by atoms with Crippen molar-refractivity contribution in [2.45, 2.75) is 70.4 Å². The van der Waals surface area contributed by atoms with Gasteiger partial charge >= 0.3 is 6.01 Å². The fraction of sp³-hybridized carbons (Fsp3) is 0.528. The molecule has 0 amide bonds. The maximum Gasteiger partial charge on any atom is 0.319 e. The van der Waals surface area contributed by atoms with E-state index >= 15 is 8.78 Å². The largest absolute Gasteiger partial charge is 0.508 e. The number of nitrogens with zero attached hydrogens (tertiary/aromatic N) is 5. The Morgan fingerprint density at radius 2 is 1.87 bits per heavy atom. The third kappa shape index (κ3) is 5.87. The summed E-state index contributed by atoms with van der Waals surface area (Å²) in [5, 5.41) is 23.0. The van der Waals surface area contributed by atoms with E-state index in [-0.39, 0.29) is 40.0 Å². The zero-order chi connectivity index (χ0) is 32.7. The third-order valence-corrected chi connectivity index (χ3v) is 10.2. The molecule has 0 aliphatic carbocycles. The van der Waals surface area contributed by atoms with Crippen LogP contribution in [0.2, 0.25) is 0 Å². The van der Waals surface area contributed by atoms with E-state index in [0.29, 0.717) is 79.7 Å². The number of halogens is 2. The highest BCUT2D eigenvalue weighted by Crippen LogP contribution is 2.41. The molecule has 3 saturated heterocycles. The summed E-state index contributed by atoms with van der Waals surface area (Å²) < 4.78 is 44.6. The number of pyridine rings is 1. The number of fused-ring (bicyclic) bond motifs is 6. The van der Waals surface area contributed by atoms with Gasteiger partial charge in [-0.05, 0) is 92.6 Å². The number of hydrogen-bond donors (Lipinski definition) is 2. The summed E-state index contributed by atoms with van der Waals surface area (Å²) in [4.78, 5) is 18.4. The van der Waals surface area contributed by atoms with E-state index in [2.05, 4.69) is 14.9 Å². The molecular formula is C36H43F2N5O4. The van der Waals surface area contributed by atoms with Crippen LogP contribution in [0.4, 0.5) is 14.6 Å². The Hall–Kier alpha value is -3.67. The molecule has 2 aromatic heterocycles. The van der Waals surface area contributed by atoms with Gasteiger partial charge in [0.25, 0.3) is 0 Å². The molecule has 250 valence electrons. The minimum atomic E-state index is -0.700. The summed E-state index contributed by atoms with van der Waals surface area (Å²) in [7, 11) is 0. The van der Waals surface area contributed by atoms with E-state index in [1.54, 1.807) is 12.1 Å². The van der Waals surface area contributed by atoms with Crippen LogP contribution in [0, 0.1) is 17.6 Å². The second-order valence-corrected chi connectivity index (χ2v) is 13.2. The van der Waals surface area contributed by atoms with E-state index in [9.17, 15) is 10.2 Å². The molecule has 5 aliphatic rings. The van der Waals surface area contributed by atoms with Crippen LogP contribution in [0.25, 0.3) is 32.9 Å². The number of phenols is 1. The van der Waals surface area contributed by atoms with Crippen molar-refractivity contribution in [3.8, 4) is 23.0 Å². The molecule has 2 aromatic carbocycles. The van der Waals surface area contributed by atoms with Crippen LogP contribution in [-0.4, -0.2) is 87.7 Å². The number of phenolic OH excluding ortho intramolecular Hbond substituents is 1. The second kappa shape index (κ2) is 13.1. The van der Waals surface area contributed by atoms with Gasteiger partial charge in [-0.2, -0.15) is 9.97 Å². The minimum absolute atomic E-state index is 0.0152. The van der Waals surface area contributed by atoms with E-state index in [1.807, 2.05) is 18.7 Å². The smallest absolute Gasteiger partial charge is 0.319 e. The summed E-state index contributed by atoms with van der Waals surface area (Å²) in [5.41, 5.74) is 0.639. The van der Waals surface area contributed by atoms with Crippen LogP contribution in [0.5, 0.6) is 11.8 Å². The zero-order valence-electron chi connectivity index (χ0n) is 27.1. The minimum Gasteiger partial charge on any atom is -0.508 e. The molecule has 6 bridgehead atoms. The molecule has 5 aliphatic heterocycles. The van der Waals surface area contributed by atoms with Crippen molar-refractivity contribution in [2.24, 2.45) is 5.92 Å². The second-order valence-electron chi connectivity index (χ2n) is 13.2. The summed E-state index contributed by atoms with van der Waals surface area (Å²) >= 11 is 0. The molecule has 3 fully saturated rings. The van der Waals surface area contributed by atoms with Gasteiger partial charge in [0.15, 0.2) is 5.82 Å². The number of hydrogen-bond acceptors (Lipinski definition) is 9. The van der Waals surface area contributed by atoms with Gasteiger partial charge in [-0.15, -0.1) is 0 Å². The molecule has 2 N–H and O–H groups in total. The highest BCUT2D eigenvalue weighted by atomic mass is 19.1. The number of aromatic nitrogens is 3. The van der Waals surface area contributed by atoms with Gasteiger partial charge in [-0.3, -0.25) is 9.88 Å². The fourth-order valence-corrected chi connectivity index (χ4v) is 8.18. The standard InChI is InChI=1S/C34H37F2N5O4.C2H6/c35-27-6-5-21-13-22(42)14-25-28(21)24(27)4-1-11-44-18-20-12-23(43)17-40(16-20)32-26-15-37-30(25)29(36)31(26)38-33(39-32)45-19-34-7-2-9-41(34)10-3-8-34;1-2/h5-6,13-15,20,23,42-43H,1-4,7-12,16-19H2;1-2H3. The van der Waals surface area contributed by atoms with Crippen molar-refractivity contribution in [2.75, 3.05) is 50.9 Å². The Balaban J connectivity index is 0.00000172. The highest BCUT2D eigenvalue weighted by Gasteiger charge is 2.45. The number of rotatable bonds is 3. The Labute approximate surface area is 273 Å². The van der Waals surface area contributed by atoms with Crippen molar-refractivity contribution in [3.05, 3.63) is 47.7 Å². The molecule has 0 saturated carbocycles. The van der Waals surface area contributed by atoms with Crippen molar-refractivity contribution < 1.29 is 28.5 Å². The van der Waals surface area contributed by atoms with E-state index < -0.39 is 17.7 Å².